The van der Waals surface area contributed by atoms with E-state index in [0.29, 0.717) is 6.90 Å². The van der Waals surface area contributed by atoms with Crippen molar-refractivity contribution >= 4 is 0 Å². The molecule has 0 aliphatic rings. The highest BCUT2D eigenvalue weighted by Crippen LogP contribution is 1.96. The highest BCUT2D eigenvalue weighted by atomic mass is 13.8. The summed E-state index contributed by atoms with van der Waals surface area (Å²) < 4.78 is 6.88. The fourth-order valence-electron chi connectivity index (χ4n) is 0. The van der Waals surface area contributed by atoms with Gasteiger partial charge in [-0.2, -0.15) is 0 Å². The number of hydrogen-bond donors (Lipinski definition) is 0. The summed E-state index contributed by atoms with van der Waals surface area (Å²) in [5.41, 5.74) is 2.45. The van der Waals surface area contributed by atoms with Crippen LogP contribution in [0.25, 0.3) is 0 Å². The van der Waals surface area contributed by atoms with Crippen LogP contribution in [0.1, 0.15) is 29.0 Å². The van der Waals surface area contributed by atoms with Crippen molar-refractivity contribution in [3.63, 3.8) is 0 Å². The lowest BCUT2D eigenvalue weighted by Crippen LogP contribution is -1.66. The molecule has 0 atom stereocenters. The Balaban J connectivity index is 3.72. The normalized spacial score (nSPS) is 10.2. The summed E-state index contributed by atoms with van der Waals surface area (Å²) in [6.07, 6.45) is 0. The van der Waals surface area contributed by atoms with E-state index in [9.17, 15) is 0 Å². The zero-order chi connectivity index (χ0) is 5.86. The van der Waals surface area contributed by atoms with Crippen LogP contribution in [0.3, 0.4) is 0 Å². The average Bonchev–Trinajstić information content (AvgIpc) is 1.65. The minimum atomic E-state index is 0.447. The second kappa shape index (κ2) is 2.01. The Labute approximate surface area is 41.3 Å². The molecule has 0 heteroatoms. The first-order valence-electron chi connectivity index (χ1n) is 2.81. The Morgan fingerprint density at radius 3 is 1.67 bits per heavy atom. The van der Waals surface area contributed by atoms with Crippen molar-refractivity contribution in [1.82, 2.24) is 0 Å². The van der Waals surface area contributed by atoms with Gasteiger partial charge in [-0.15, -0.1) is 0 Å². The van der Waals surface area contributed by atoms with Crippen molar-refractivity contribution in [3.8, 4) is 0 Å². The van der Waals surface area contributed by atoms with Gasteiger partial charge in [0, 0.05) is 1.37 Å². The number of rotatable bonds is 0. The van der Waals surface area contributed by atoms with Gasteiger partial charge < -0.3 is 0 Å². The van der Waals surface area contributed by atoms with Gasteiger partial charge in [-0.05, 0) is 27.7 Å². The Hall–Kier alpha value is -0.260. The van der Waals surface area contributed by atoms with Crippen LogP contribution in [-0.4, -0.2) is 0 Å². The van der Waals surface area contributed by atoms with Gasteiger partial charge in [0.1, 0.15) is 0 Å². The van der Waals surface area contributed by atoms with Gasteiger partial charge in [-0.25, -0.2) is 0 Å². The molecule has 0 aliphatic heterocycles. The molecule has 0 heterocycles. The van der Waals surface area contributed by atoms with Crippen LogP contribution in [0, 0.1) is 0 Å². The van der Waals surface area contributed by atoms with Crippen molar-refractivity contribution < 1.29 is 1.37 Å². The van der Waals surface area contributed by atoms with E-state index >= 15 is 0 Å². The third-order valence-corrected chi connectivity index (χ3v) is 0.854. The van der Waals surface area contributed by atoms with Gasteiger partial charge in [-0.1, -0.05) is 11.1 Å². The van der Waals surface area contributed by atoms with Gasteiger partial charge >= 0.3 is 0 Å². The van der Waals surface area contributed by atoms with Crippen LogP contribution in [0.4, 0.5) is 0 Å². The largest absolute Gasteiger partial charge is 0.0778 e. The minimum absolute atomic E-state index is 0.447. The standard InChI is InChI=1S/C6H12/c1-5(2)6(3)4/h1-4H3/i1D. The first-order chi connectivity index (χ1) is 3.18. The van der Waals surface area contributed by atoms with Gasteiger partial charge in [0.15, 0.2) is 0 Å². The predicted molar refractivity (Wildman–Crippen MR) is 29.7 cm³/mol. The quantitative estimate of drug-likeness (QED) is 0.396. The number of hydrogen-bond acceptors (Lipinski definition) is 0. The lowest BCUT2D eigenvalue weighted by Gasteiger charge is -1.88. The molecule has 0 unspecified atom stereocenters. The molecule has 0 saturated carbocycles. The topological polar surface area (TPSA) is 0 Å². The summed E-state index contributed by atoms with van der Waals surface area (Å²) in [6.45, 7) is 6.50. The molecule has 0 aromatic carbocycles. The third-order valence-electron chi connectivity index (χ3n) is 0.854. The predicted octanol–water partition coefficient (Wildman–Crippen LogP) is 2.36. The Morgan fingerprint density at radius 1 is 1.17 bits per heavy atom. The van der Waals surface area contributed by atoms with Crippen molar-refractivity contribution in [2.75, 3.05) is 0 Å². The molecule has 0 rings (SSSR count). The molecule has 0 aliphatic carbocycles. The second-order valence-electron chi connectivity index (χ2n) is 1.78. The van der Waals surface area contributed by atoms with Gasteiger partial charge in [0.25, 0.3) is 0 Å². The van der Waals surface area contributed by atoms with Crippen LogP contribution >= 0.6 is 0 Å². The maximum Gasteiger partial charge on any atom is 0.0276 e. The molecule has 0 saturated heterocycles. The number of allylic oxidation sites excluding steroid dienone is 2. The SMILES string of the molecule is [2H]CC(C)=C(C)C. The average molecular weight is 85.2 g/mol. The summed E-state index contributed by atoms with van der Waals surface area (Å²) in [5, 5.41) is 0. The van der Waals surface area contributed by atoms with Gasteiger partial charge in [-0.3, -0.25) is 0 Å². The maximum absolute atomic E-state index is 6.88. The zero-order valence-corrected chi connectivity index (χ0v) is 4.71. The lowest BCUT2D eigenvalue weighted by atomic mass is 10.2. The van der Waals surface area contributed by atoms with Crippen molar-refractivity contribution in [2.45, 2.75) is 27.7 Å². The van der Waals surface area contributed by atoms with Crippen LogP contribution in [-0.2, 0) is 0 Å². The van der Waals surface area contributed by atoms with Gasteiger partial charge in [0.05, 0.1) is 0 Å². The molecule has 0 fully saturated rings. The first-order valence-corrected chi connectivity index (χ1v) is 2.10. The molecular weight excluding hydrogens is 72.1 g/mol. The van der Waals surface area contributed by atoms with Crippen molar-refractivity contribution in [3.05, 3.63) is 11.1 Å². The summed E-state index contributed by atoms with van der Waals surface area (Å²) in [6, 6.07) is 0. The highest BCUT2D eigenvalue weighted by molar-refractivity contribution is 5.02. The molecule has 0 nitrogen and oxygen atoms in total. The molecule has 0 spiro atoms. The highest BCUT2D eigenvalue weighted by Gasteiger charge is 1.75. The van der Waals surface area contributed by atoms with Crippen LogP contribution in [0.15, 0.2) is 11.1 Å². The molecule has 0 N–H and O–H groups in total. The Kier molecular flexibility index (Phi) is 1.31. The molecule has 0 aromatic heterocycles. The second-order valence-corrected chi connectivity index (χ2v) is 1.78. The van der Waals surface area contributed by atoms with E-state index in [4.69, 9.17) is 1.37 Å². The lowest BCUT2D eigenvalue weighted by molar-refractivity contribution is 1.23. The fraction of sp³-hybridized carbons (Fsp3) is 0.667. The van der Waals surface area contributed by atoms with Crippen LogP contribution < -0.4 is 0 Å². The van der Waals surface area contributed by atoms with Gasteiger partial charge in [0.2, 0.25) is 0 Å². The van der Waals surface area contributed by atoms with Crippen LogP contribution in [0.2, 0.25) is 0 Å². The molecule has 6 heavy (non-hydrogen) atoms. The molecule has 0 bridgehead atoms. The smallest absolute Gasteiger partial charge is 0.0276 e. The molecule has 0 amide bonds. The summed E-state index contributed by atoms with van der Waals surface area (Å²) in [4.78, 5) is 0. The monoisotopic (exact) mass is 85.1 g/mol. The van der Waals surface area contributed by atoms with E-state index in [2.05, 4.69) is 0 Å². The van der Waals surface area contributed by atoms with E-state index < -0.39 is 0 Å². The molecule has 0 radical (unpaired) electrons. The molecular formula is C6H12. The summed E-state index contributed by atoms with van der Waals surface area (Å²) in [7, 11) is 0. The maximum atomic E-state index is 6.88. The van der Waals surface area contributed by atoms with E-state index in [1.165, 1.54) is 11.1 Å². The van der Waals surface area contributed by atoms with E-state index in [1.54, 1.807) is 0 Å². The summed E-state index contributed by atoms with van der Waals surface area (Å²) in [5.74, 6) is 0. The van der Waals surface area contributed by atoms with Crippen LogP contribution in [0.5, 0.6) is 0 Å². The Bertz CT molecular complexity index is 78.2. The third kappa shape index (κ3) is 2.01. The molecule has 36 valence electrons. The minimum Gasteiger partial charge on any atom is -0.0778 e. The van der Waals surface area contributed by atoms with E-state index in [0.717, 1.165) is 0 Å². The first kappa shape index (κ1) is 3.91. The zero-order valence-electron chi connectivity index (χ0n) is 5.71. The van der Waals surface area contributed by atoms with E-state index in [1.807, 2.05) is 20.8 Å². The van der Waals surface area contributed by atoms with Crippen molar-refractivity contribution in [1.29, 1.82) is 0 Å². The van der Waals surface area contributed by atoms with Crippen molar-refractivity contribution in [2.24, 2.45) is 0 Å². The van der Waals surface area contributed by atoms with E-state index in [-0.39, 0.29) is 0 Å². The summed E-state index contributed by atoms with van der Waals surface area (Å²) >= 11 is 0. The molecule has 0 aromatic rings. The fourth-order valence-corrected chi connectivity index (χ4v) is 0. The Morgan fingerprint density at radius 2 is 1.67 bits per heavy atom.